The minimum absolute atomic E-state index is 0.521. The number of ether oxygens (including phenoxy) is 1. The third-order valence-corrected chi connectivity index (χ3v) is 5.37. The summed E-state index contributed by atoms with van der Waals surface area (Å²) in [5.74, 6) is 0.929. The fourth-order valence-corrected chi connectivity index (χ4v) is 3.81. The first kappa shape index (κ1) is 13.8. The van der Waals surface area contributed by atoms with Crippen molar-refractivity contribution in [3.05, 3.63) is 0 Å². The number of methoxy groups -OCH3 is 1. The number of nitrogens with zero attached hydrogens (tertiary/aromatic N) is 1. The molecule has 0 bridgehead atoms. The van der Waals surface area contributed by atoms with Crippen LogP contribution in [0.4, 0.5) is 0 Å². The van der Waals surface area contributed by atoms with Crippen molar-refractivity contribution in [1.29, 1.82) is 0 Å². The Morgan fingerprint density at radius 2 is 1.84 bits per heavy atom. The number of piperidine rings is 1. The zero-order chi connectivity index (χ0) is 13.1. The molecule has 3 rings (SSSR count). The summed E-state index contributed by atoms with van der Waals surface area (Å²) in [6.45, 7) is 3.90. The van der Waals surface area contributed by atoms with Gasteiger partial charge in [0.15, 0.2) is 0 Å². The number of hydrogen-bond acceptors (Lipinski definition) is 3. The summed E-state index contributed by atoms with van der Waals surface area (Å²) >= 11 is 0. The predicted octanol–water partition coefficient (Wildman–Crippen LogP) is 2.41. The summed E-state index contributed by atoms with van der Waals surface area (Å²) in [7, 11) is 1.88. The number of likely N-dealkylation sites (tertiary alicyclic amines) is 1. The molecule has 0 aromatic carbocycles. The van der Waals surface area contributed by atoms with E-state index in [1.54, 1.807) is 0 Å². The van der Waals surface area contributed by atoms with Crippen LogP contribution in [-0.2, 0) is 4.74 Å². The van der Waals surface area contributed by atoms with Crippen LogP contribution < -0.4 is 5.32 Å². The van der Waals surface area contributed by atoms with E-state index in [1.165, 1.54) is 71.0 Å². The van der Waals surface area contributed by atoms with E-state index in [4.69, 9.17) is 4.74 Å². The average Bonchev–Trinajstić information content (AvgIpc) is 3.30. The highest BCUT2D eigenvalue weighted by molar-refractivity contribution is 4.86. The van der Waals surface area contributed by atoms with E-state index in [2.05, 4.69) is 10.2 Å². The lowest BCUT2D eigenvalue weighted by atomic mass is 9.88. The lowest BCUT2D eigenvalue weighted by Crippen LogP contribution is -2.46. The molecule has 0 spiro atoms. The lowest BCUT2D eigenvalue weighted by Gasteiger charge is -2.41. The van der Waals surface area contributed by atoms with Crippen molar-refractivity contribution >= 4 is 0 Å². The van der Waals surface area contributed by atoms with Crippen LogP contribution in [0.2, 0.25) is 0 Å². The van der Waals surface area contributed by atoms with Gasteiger partial charge in [0.2, 0.25) is 0 Å². The average molecular weight is 266 g/mol. The molecule has 3 fully saturated rings. The van der Waals surface area contributed by atoms with Gasteiger partial charge in [0.05, 0.1) is 6.10 Å². The van der Waals surface area contributed by atoms with E-state index in [9.17, 15) is 0 Å². The Bertz CT molecular complexity index is 272. The Kier molecular flexibility index (Phi) is 4.78. The number of nitrogens with one attached hydrogen (secondary N) is 1. The van der Waals surface area contributed by atoms with Crippen molar-refractivity contribution in [3.8, 4) is 0 Å². The van der Waals surface area contributed by atoms with E-state index in [0.717, 1.165) is 18.0 Å². The maximum Gasteiger partial charge on any atom is 0.0586 e. The molecule has 3 nitrogen and oxygen atoms in total. The monoisotopic (exact) mass is 266 g/mol. The molecule has 0 radical (unpaired) electrons. The second-order valence-corrected chi connectivity index (χ2v) is 6.84. The van der Waals surface area contributed by atoms with Gasteiger partial charge in [0, 0.05) is 19.2 Å². The van der Waals surface area contributed by atoms with Gasteiger partial charge < -0.3 is 15.0 Å². The zero-order valence-electron chi connectivity index (χ0n) is 12.4. The molecule has 1 N–H and O–H groups in total. The summed E-state index contributed by atoms with van der Waals surface area (Å²) in [6, 6.07) is 1.68. The van der Waals surface area contributed by atoms with Gasteiger partial charge >= 0.3 is 0 Å². The third-order valence-electron chi connectivity index (χ3n) is 5.37. The standard InChI is InChI=1S/C16H30N2O/c1-19-16-4-2-3-15(11-16)18-9-7-13(8-10-18)12-17-14-5-6-14/h13-17H,2-12H2,1H3. The third kappa shape index (κ3) is 3.93. The van der Waals surface area contributed by atoms with Crippen LogP contribution in [0.5, 0.6) is 0 Å². The molecule has 2 saturated carbocycles. The van der Waals surface area contributed by atoms with Gasteiger partial charge in [-0.2, -0.15) is 0 Å². The highest BCUT2D eigenvalue weighted by atomic mass is 16.5. The molecule has 0 aromatic rings. The van der Waals surface area contributed by atoms with Crippen molar-refractivity contribution in [3.63, 3.8) is 0 Å². The van der Waals surface area contributed by atoms with Crippen LogP contribution in [0.3, 0.4) is 0 Å². The van der Waals surface area contributed by atoms with Gasteiger partial charge in [-0.25, -0.2) is 0 Å². The number of hydrogen-bond donors (Lipinski definition) is 1. The van der Waals surface area contributed by atoms with E-state index >= 15 is 0 Å². The van der Waals surface area contributed by atoms with Crippen LogP contribution >= 0.6 is 0 Å². The van der Waals surface area contributed by atoms with Crippen LogP contribution in [0.25, 0.3) is 0 Å². The summed E-state index contributed by atoms with van der Waals surface area (Å²) in [4.78, 5) is 2.75. The molecule has 110 valence electrons. The molecule has 2 unspecified atom stereocenters. The molecule has 1 aliphatic heterocycles. The molecular weight excluding hydrogens is 236 g/mol. The van der Waals surface area contributed by atoms with Gasteiger partial charge in [-0.3, -0.25) is 0 Å². The van der Waals surface area contributed by atoms with Crippen LogP contribution in [0.15, 0.2) is 0 Å². The van der Waals surface area contributed by atoms with Crippen molar-refractivity contribution in [2.24, 2.45) is 5.92 Å². The normalized spacial score (nSPS) is 34.6. The van der Waals surface area contributed by atoms with Crippen LogP contribution in [0.1, 0.15) is 51.4 Å². The molecule has 1 heterocycles. The van der Waals surface area contributed by atoms with Crippen molar-refractivity contribution in [2.45, 2.75) is 69.6 Å². The Labute approximate surface area is 118 Å². The fraction of sp³-hybridized carbons (Fsp3) is 1.00. The van der Waals surface area contributed by atoms with E-state index in [-0.39, 0.29) is 0 Å². The highest BCUT2D eigenvalue weighted by Gasteiger charge is 2.30. The van der Waals surface area contributed by atoms with Crippen LogP contribution in [0, 0.1) is 5.92 Å². The topological polar surface area (TPSA) is 24.5 Å². The maximum atomic E-state index is 5.57. The lowest BCUT2D eigenvalue weighted by molar-refractivity contribution is 0.0177. The number of rotatable bonds is 5. The van der Waals surface area contributed by atoms with Gasteiger partial charge in [-0.05, 0) is 76.9 Å². The molecule has 3 aliphatic rings. The molecule has 2 aliphatic carbocycles. The van der Waals surface area contributed by atoms with Crippen molar-refractivity contribution in [1.82, 2.24) is 10.2 Å². The summed E-state index contributed by atoms with van der Waals surface area (Å²) in [5, 5.41) is 3.70. The van der Waals surface area contributed by atoms with Gasteiger partial charge in [-0.1, -0.05) is 0 Å². The molecule has 19 heavy (non-hydrogen) atoms. The van der Waals surface area contributed by atoms with Crippen molar-refractivity contribution < 1.29 is 4.74 Å². The van der Waals surface area contributed by atoms with Crippen molar-refractivity contribution in [2.75, 3.05) is 26.7 Å². The SMILES string of the molecule is COC1CCCC(N2CCC(CNC3CC3)CC2)C1. The second kappa shape index (κ2) is 6.55. The quantitative estimate of drug-likeness (QED) is 0.827. The fourth-order valence-electron chi connectivity index (χ4n) is 3.81. The molecule has 0 aromatic heterocycles. The molecule has 2 atom stereocenters. The summed E-state index contributed by atoms with van der Waals surface area (Å²) in [6.07, 6.45) is 11.4. The summed E-state index contributed by atoms with van der Waals surface area (Å²) in [5.41, 5.74) is 0. The maximum absolute atomic E-state index is 5.57. The molecule has 0 amide bonds. The van der Waals surface area contributed by atoms with Crippen LogP contribution in [-0.4, -0.2) is 49.8 Å². The highest BCUT2D eigenvalue weighted by Crippen LogP contribution is 2.28. The predicted molar refractivity (Wildman–Crippen MR) is 78.4 cm³/mol. The largest absolute Gasteiger partial charge is 0.381 e. The molecular formula is C16H30N2O. The Morgan fingerprint density at radius 1 is 1.05 bits per heavy atom. The Balaban J connectivity index is 1.38. The minimum atomic E-state index is 0.521. The van der Waals surface area contributed by atoms with E-state index in [1.807, 2.05) is 7.11 Å². The smallest absolute Gasteiger partial charge is 0.0586 e. The second-order valence-electron chi connectivity index (χ2n) is 6.84. The van der Waals surface area contributed by atoms with Gasteiger partial charge in [0.1, 0.15) is 0 Å². The summed E-state index contributed by atoms with van der Waals surface area (Å²) < 4.78 is 5.57. The first-order valence-electron chi connectivity index (χ1n) is 8.35. The Hall–Kier alpha value is -0.120. The van der Waals surface area contributed by atoms with E-state index < -0.39 is 0 Å². The Morgan fingerprint density at radius 3 is 2.53 bits per heavy atom. The first-order chi connectivity index (χ1) is 9.35. The van der Waals surface area contributed by atoms with E-state index in [0.29, 0.717) is 6.10 Å². The first-order valence-corrected chi connectivity index (χ1v) is 8.35. The minimum Gasteiger partial charge on any atom is -0.381 e. The zero-order valence-corrected chi connectivity index (χ0v) is 12.4. The molecule has 1 saturated heterocycles. The van der Waals surface area contributed by atoms with Gasteiger partial charge in [-0.15, -0.1) is 0 Å². The van der Waals surface area contributed by atoms with Gasteiger partial charge in [0.25, 0.3) is 0 Å². The molecule has 3 heteroatoms.